The summed E-state index contributed by atoms with van der Waals surface area (Å²) in [7, 11) is 2.11. The molecule has 0 saturated carbocycles. The molecule has 1 fully saturated rings. The molecule has 0 spiro atoms. The van der Waals surface area contributed by atoms with Crippen molar-refractivity contribution in [3.8, 4) is 0 Å². The van der Waals surface area contributed by atoms with Crippen molar-refractivity contribution in [1.29, 1.82) is 0 Å². The fourth-order valence-corrected chi connectivity index (χ4v) is 4.32. The molecule has 0 bridgehead atoms. The van der Waals surface area contributed by atoms with Crippen LogP contribution in [0.15, 0.2) is 42.5 Å². The first-order valence-electron chi connectivity index (χ1n) is 17.4. The number of ether oxygens (including phenoxy) is 1. The van der Waals surface area contributed by atoms with Crippen molar-refractivity contribution in [2.45, 2.75) is 160 Å². The van der Waals surface area contributed by atoms with Crippen molar-refractivity contribution in [2.75, 3.05) is 6.61 Å². The van der Waals surface area contributed by atoms with Crippen LogP contribution in [0.2, 0.25) is 0 Å². The SMILES string of the molecule is CC.CC(=O)c1ccc(C)cc1.CC(C)(C)C.CCC1CCCO1.CCCCC.CCc1ccc2c(c1)CCC(C)C2.PS. The Morgan fingerprint density at radius 2 is 1.45 bits per heavy atom. The first-order chi connectivity index (χ1) is 20.8. The molecule has 0 N–H and O–H groups in total. The molecule has 1 aliphatic carbocycles. The van der Waals surface area contributed by atoms with Gasteiger partial charge in [-0.3, -0.25) is 4.79 Å². The van der Waals surface area contributed by atoms with E-state index in [1.165, 1.54) is 75.3 Å². The molecular weight excluding hydrogens is 575 g/mol. The lowest BCUT2D eigenvalue weighted by Crippen LogP contribution is -2.11. The van der Waals surface area contributed by atoms with Gasteiger partial charge in [-0.05, 0) is 86.8 Å². The molecule has 2 aromatic carbocycles. The normalized spacial score (nSPS) is 16.0. The predicted molar refractivity (Wildman–Crippen MR) is 208 cm³/mol. The summed E-state index contributed by atoms with van der Waals surface area (Å²) in [5, 5.41) is 0. The van der Waals surface area contributed by atoms with E-state index >= 15 is 0 Å². The third kappa shape index (κ3) is 28.3. The number of hydrogen-bond acceptors (Lipinski definition) is 3. The topological polar surface area (TPSA) is 26.3 Å². The second-order valence-corrected chi connectivity index (χ2v) is 13.1. The number of fused-ring (bicyclic) bond motifs is 1. The van der Waals surface area contributed by atoms with E-state index in [0.717, 1.165) is 18.1 Å². The molecule has 1 saturated heterocycles. The highest BCUT2D eigenvalue weighted by molar-refractivity contribution is 8.31. The molecule has 1 aliphatic heterocycles. The fourth-order valence-electron chi connectivity index (χ4n) is 4.32. The van der Waals surface area contributed by atoms with E-state index in [9.17, 15) is 4.79 Å². The summed E-state index contributed by atoms with van der Waals surface area (Å²) < 4.78 is 5.30. The van der Waals surface area contributed by atoms with Crippen LogP contribution in [0.5, 0.6) is 0 Å². The Morgan fingerprint density at radius 1 is 0.909 bits per heavy atom. The fraction of sp³-hybridized carbons (Fsp3) is 0.675. The lowest BCUT2D eigenvalue weighted by atomic mass is 9.84. The summed E-state index contributed by atoms with van der Waals surface area (Å²) in [5.41, 5.74) is 7.16. The van der Waals surface area contributed by atoms with E-state index in [1.54, 1.807) is 18.1 Å². The Bertz CT molecular complexity index is 904. The van der Waals surface area contributed by atoms with E-state index in [1.807, 2.05) is 45.0 Å². The van der Waals surface area contributed by atoms with Crippen molar-refractivity contribution >= 4 is 26.5 Å². The average molecular weight is 649 g/mol. The number of carbonyl (C=O) groups is 1. The second-order valence-electron chi connectivity index (χ2n) is 13.1. The van der Waals surface area contributed by atoms with E-state index < -0.39 is 0 Å². The van der Waals surface area contributed by atoms with E-state index in [4.69, 9.17) is 4.74 Å². The highest BCUT2D eigenvalue weighted by Crippen LogP contribution is 2.26. The Labute approximate surface area is 283 Å². The van der Waals surface area contributed by atoms with Gasteiger partial charge in [-0.15, -0.1) is 0 Å². The third-order valence-electron chi connectivity index (χ3n) is 6.80. The summed E-state index contributed by atoms with van der Waals surface area (Å²) in [4.78, 5) is 10.8. The minimum absolute atomic E-state index is 0.125. The van der Waals surface area contributed by atoms with Gasteiger partial charge < -0.3 is 4.74 Å². The Morgan fingerprint density at radius 3 is 1.82 bits per heavy atom. The van der Waals surface area contributed by atoms with Gasteiger partial charge in [0, 0.05) is 12.2 Å². The van der Waals surface area contributed by atoms with Crippen molar-refractivity contribution in [3.63, 3.8) is 0 Å². The Hall–Kier alpha value is -1.15. The maximum Gasteiger partial charge on any atom is 0.159 e. The monoisotopic (exact) mass is 649 g/mol. The molecule has 4 rings (SSSR count). The molecular formula is C40H73O2PS. The number of aryl methyl sites for hydroxylation is 3. The minimum Gasteiger partial charge on any atom is -0.378 e. The molecule has 0 radical (unpaired) electrons. The van der Waals surface area contributed by atoms with Gasteiger partial charge in [-0.2, -0.15) is 12.2 Å². The van der Waals surface area contributed by atoms with Gasteiger partial charge in [0.25, 0.3) is 0 Å². The first kappa shape index (κ1) is 47.3. The van der Waals surface area contributed by atoms with Crippen molar-refractivity contribution in [2.24, 2.45) is 11.3 Å². The predicted octanol–water partition coefficient (Wildman–Crippen LogP) is 13.1. The first-order valence-corrected chi connectivity index (χ1v) is 19.5. The second kappa shape index (κ2) is 30.5. The van der Waals surface area contributed by atoms with Crippen LogP contribution in [0.25, 0.3) is 0 Å². The summed E-state index contributed by atoms with van der Waals surface area (Å²) in [6.45, 7) is 28.5. The van der Waals surface area contributed by atoms with Crippen LogP contribution in [0.1, 0.15) is 161 Å². The average Bonchev–Trinajstić information content (AvgIpc) is 3.54. The van der Waals surface area contributed by atoms with Crippen molar-refractivity contribution in [3.05, 3.63) is 70.3 Å². The van der Waals surface area contributed by atoms with E-state index in [-0.39, 0.29) is 5.78 Å². The van der Waals surface area contributed by atoms with Gasteiger partial charge in [0.2, 0.25) is 0 Å². The zero-order chi connectivity index (χ0) is 34.6. The molecule has 2 aliphatic rings. The molecule has 0 amide bonds. The van der Waals surface area contributed by atoms with Gasteiger partial charge in [-0.25, -0.2) is 0 Å². The summed E-state index contributed by atoms with van der Waals surface area (Å²) in [6, 6.07) is 14.6. The molecule has 2 nitrogen and oxygen atoms in total. The smallest absolute Gasteiger partial charge is 0.159 e. The maximum atomic E-state index is 10.8. The van der Waals surface area contributed by atoms with Crippen LogP contribution >= 0.6 is 20.7 Å². The number of rotatable bonds is 5. The summed E-state index contributed by atoms with van der Waals surface area (Å²) in [5.74, 6) is 1.01. The van der Waals surface area contributed by atoms with Gasteiger partial charge >= 0.3 is 0 Å². The van der Waals surface area contributed by atoms with Gasteiger partial charge in [0.1, 0.15) is 0 Å². The molecule has 4 heteroatoms. The highest BCUT2D eigenvalue weighted by atomic mass is 32.7. The zero-order valence-electron chi connectivity index (χ0n) is 31.3. The molecule has 3 atom stereocenters. The van der Waals surface area contributed by atoms with E-state index in [0.29, 0.717) is 11.5 Å². The molecule has 44 heavy (non-hydrogen) atoms. The van der Waals surface area contributed by atoms with Crippen LogP contribution in [-0.2, 0) is 24.0 Å². The van der Waals surface area contributed by atoms with Gasteiger partial charge in [-0.1, -0.05) is 152 Å². The number of carbonyl (C=O) groups excluding carboxylic acids is 1. The van der Waals surface area contributed by atoms with Gasteiger partial charge in [0.15, 0.2) is 5.78 Å². The number of benzene rings is 2. The van der Waals surface area contributed by atoms with E-state index in [2.05, 4.69) is 101 Å². The molecule has 1 heterocycles. The minimum atomic E-state index is 0.125. The number of ketones is 1. The number of unbranched alkanes of at least 4 members (excludes halogenated alkanes) is 2. The molecule has 3 unspecified atom stereocenters. The molecule has 0 aromatic heterocycles. The standard InChI is InChI=1S/C13H18.C9H10O.C6H12O.2C5H12.C2H6.H3PS/c1-3-11-5-7-12-8-10(2)4-6-13(12)9-11;1-7-3-5-9(6-4-7)8(2)10;1-2-6-4-3-5-7-6;1-5(2,3)4;1-3-5-4-2;2*1-2/h5,7,9-10H,3-4,6,8H2,1-2H3;3-6H,1-2H3;6H,2-5H2,1H3;1-4H3;3-5H2,1-2H3;1-2H3;2H,1H2. The molecule has 256 valence electrons. The quantitative estimate of drug-likeness (QED) is 0.198. The number of hydrogen-bond donors (Lipinski definition) is 1. The van der Waals surface area contributed by atoms with Crippen LogP contribution < -0.4 is 0 Å². The Balaban J connectivity index is -0.000000487. The van der Waals surface area contributed by atoms with Crippen molar-refractivity contribution < 1.29 is 9.53 Å². The van der Waals surface area contributed by atoms with Crippen LogP contribution in [0, 0.1) is 18.3 Å². The highest BCUT2D eigenvalue weighted by Gasteiger charge is 2.14. The number of thiol groups is 1. The largest absolute Gasteiger partial charge is 0.378 e. The van der Waals surface area contributed by atoms with Crippen molar-refractivity contribution in [1.82, 2.24) is 0 Å². The third-order valence-corrected chi connectivity index (χ3v) is 6.80. The molecule has 2 aromatic rings. The summed E-state index contributed by atoms with van der Waals surface area (Å²) >= 11 is 3.44. The van der Waals surface area contributed by atoms with Crippen LogP contribution in [0.4, 0.5) is 0 Å². The zero-order valence-corrected chi connectivity index (χ0v) is 33.4. The maximum absolute atomic E-state index is 10.8. The lowest BCUT2D eigenvalue weighted by molar-refractivity contribution is 0.101. The van der Waals surface area contributed by atoms with Gasteiger partial charge in [0.05, 0.1) is 6.10 Å². The van der Waals surface area contributed by atoms with Crippen LogP contribution in [-0.4, -0.2) is 18.5 Å². The van der Waals surface area contributed by atoms with Crippen LogP contribution in [0.3, 0.4) is 0 Å². The number of Topliss-reactive ketones (excluding diaryl/α,β-unsaturated/α-hetero) is 1. The lowest BCUT2D eigenvalue weighted by Gasteiger charge is -2.21. The summed E-state index contributed by atoms with van der Waals surface area (Å²) in [6.07, 6.45) is 13.6. The Kier molecular flexibility index (Phi) is 32.8.